The predicted octanol–water partition coefficient (Wildman–Crippen LogP) is 0.178. The van der Waals surface area contributed by atoms with Crippen LogP contribution in [0.5, 0.6) is 0 Å². The number of hydrogen-bond acceptors (Lipinski definition) is 14. The second-order valence-electron chi connectivity index (χ2n) is 14.5. The fraction of sp³-hybridized carbons (Fsp3) is 0.359. The van der Waals surface area contributed by atoms with Crippen molar-refractivity contribution in [2.45, 2.75) is 31.5 Å². The highest BCUT2D eigenvalue weighted by Gasteiger charge is 2.30. The van der Waals surface area contributed by atoms with Crippen LogP contribution in [0.3, 0.4) is 0 Å². The van der Waals surface area contributed by atoms with E-state index in [1.165, 1.54) is 28.6 Å². The summed E-state index contributed by atoms with van der Waals surface area (Å²) in [4.78, 5) is 99.2. The van der Waals surface area contributed by atoms with Gasteiger partial charge in [-0.15, -0.1) is 0 Å². The molecule has 22 nitrogen and oxygen atoms in total. The highest BCUT2D eigenvalue weighted by molar-refractivity contribution is 6.33. The van der Waals surface area contributed by atoms with Crippen molar-refractivity contribution < 1.29 is 29.4 Å². The van der Waals surface area contributed by atoms with Gasteiger partial charge in [0.2, 0.25) is 12.4 Å². The molecule has 5 aromatic rings. The molecule has 0 saturated carbocycles. The highest BCUT2D eigenvalue weighted by Crippen LogP contribution is 2.27. The van der Waals surface area contributed by atoms with Gasteiger partial charge in [0.1, 0.15) is 6.04 Å². The largest absolute Gasteiger partial charge is 0.481 e. The number of fused-ring (bicyclic) bond motifs is 2. The topological polar surface area (TPSA) is 288 Å². The van der Waals surface area contributed by atoms with Gasteiger partial charge in [-0.1, -0.05) is 23.7 Å². The van der Waals surface area contributed by atoms with Crippen molar-refractivity contribution in [1.29, 1.82) is 0 Å². The Morgan fingerprint density at radius 2 is 1.71 bits per heavy atom. The summed E-state index contributed by atoms with van der Waals surface area (Å²) in [5.74, 6) is -3.00. The van der Waals surface area contributed by atoms with Gasteiger partial charge in [-0.2, -0.15) is 4.98 Å². The Kier molecular flexibility index (Phi) is 13.9. The third-order valence-corrected chi connectivity index (χ3v) is 10.9. The molecule has 2 aliphatic rings. The molecular formula is C39H46ClN13O9. The second kappa shape index (κ2) is 19.5. The van der Waals surface area contributed by atoms with E-state index in [0.717, 1.165) is 48.0 Å². The van der Waals surface area contributed by atoms with Crippen molar-refractivity contribution in [2.75, 3.05) is 72.0 Å². The van der Waals surface area contributed by atoms with Crippen molar-refractivity contribution >= 4 is 75.8 Å². The van der Waals surface area contributed by atoms with Crippen LogP contribution < -0.4 is 48.3 Å². The first-order valence-corrected chi connectivity index (χ1v) is 19.8. The third-order valence-electron chi connectivity index (χ3n) is 10.6. The molecule has 328 valence electrons. The fourth-order valence-corrected chi connectivity index (χ4v) is 7.39. The number of aromatic nitrogens is 6. The van der Waals surface area contributed by atoms with Crippen LogP contribution in [0.25, 0.3) is 11.2 Å². The van der Waals surface area contributed by atoms with Crippen molar-refractivity contribution in [3.63, 3.8) is 0 Å². The lowest BCUT2D eigenvalue weighted by molar-refractivity contribution is -0.140. The number of carboxylic acid groups (broad SMARTS) is 2. The Balaban J connectivity index is 0.000000210. The van der Waals surface area contributed by atoms with Gasteiger partial charge in [0, 0.05) is 84.1 Å². The number of hydrogen-bond donors (Lipinski definition) is 7. The maximum Gasteiger partial charge on any atom is 0.332 e. The summed E-state index contributed by atoms with van der Waals surface area (Å²) >= 11 is 6.31. The van der Waals surface area contributed by atoms with Crippen molar-refractivity contribution in [3.05, 3.63) is 96.6 Å². The lowest BCUT2D eigenvalue weighted by atomic mass is 10.1. The smallest absolute Gasteiger partial charge is 0.332 e. The molecule has 23 heteroatoms. The van der Waals surface area contributed by atoms with Crippen LogP contribution in [-0.4, -0.2) is 126 Å². The minimum atomic E-state index is -1.33. The molecule has 0 aliphatic carbocycles. The van der Waals surface area contributed by atoms with Crippen LogP contribution in [0, 0.1) is 0 Å². The van der Waals surface area contributed by atoms with E-state index in [-0.39, 0.29) is 47.2 Å². The van der Waals surface area contributed by atoms with Crippen LogP contribution in [0.1, 0.15) is 23.2 Å². The second-order valence-corrected chi connectivity index (χ2v) is 15.0. The average Bonchev–Trinajstić information content (AvgIpc) is 3.69. The molecule has 1 saturated heterocycles. The number of aryl methyl sites for hydroxylation is 1. The fourth-order valence-electron chi connectivity index (χ4n) is 7.13. The Bertz CT molecular complexity index is 2640. The Labute approximate surface area is 357 Å². The van der Waals surface area contributed by atoms with Gasteiger partial charge in [0.05, 0.1) is 23.1 Å². The summed E-state index contributed by atoms with van der Waals surface area (Å²) in [6.07, 6.45) is 1.54. The number of halogens is 1. The first-order valence-electron chi connectivity index (χ1n) is 19.5. The number of aliphatic carboxylic acids is 2. The molecule has 2 aromatic carbocycles. The maximum absolute atomic E-state index is 12.5. The number of aromatic amines is 1. The highest BCUT2D eigenvalue weighted by atomic mass is 35.5. The van der Waals surface area contributed by atoms with Gasteiger partial charge >= 0.3 is 17.6 Å². The summed E-state index contributed by atoms with van der Waals surface area (Å²) in [6.45, 7) is 5.70. The zero-order valence-corrected chi connectivity index (χ0v) is 34.5. The van der Waals surface area contributed by atoms with E-state index in [1.807, 2.05) is 22.8 Å². The number of rotatable bonds is 14. The van der Waals surface area contributed by atoms with Gasteiger partial charge in [-0.25, -0.2) is 14.6 Å². The van der Waals surface area contributed by atoms with E-state index >= 15 is 0 Å². The number of benzene rings is 2. The monoisotopic (exact) mass is 875 g/mol. The number of H-pyrrole nitrogens is 1. The first-order chi connectivity index (χ1) is 29.7. The van der Waals surface area contributed by atoms with E-state index in [4.69, 9.17) is 22.4 Å². The van der Waals surface area contributed by atoms with Gasteiger partial charge in [-0.05, 0) is 42.8 Å². The standard InChI is InChI=1S/C20H23N7O7.C19H23ClN6O2/c21-20-25-16-15(18(32)26-20)27(9-28)12(8-23-16)7-22-11-3-1-10(2-4-11)17(31)24-13(19(33)34)5-6-14(29)30;1-22-17-16(18(27)23(2)19(22)28)26(13-21-17)12-9-24-7-10-25(11-8-24)15-6-4-3-5-14(15)20/h1-4,9,12-13,22H,5-8H2,(H,24,31)(H,29,30)(H,33,34)(H4,21,23,25,26,32);3-6,13H,7-12H2,1-2H3. The molecule has 7 rings (SSSR count). The number of piperazine rings is 1. The third kappa shape index (κ3) is 10.0. The number of carbonyl (C=O) groups is 4. The molecular weight excluding hydrogens is 830 g/mol. The molecule has 0 bridgehead atoms. The number of nitrogens with two attached hydrogens (primary N) is 1. The summed E-state index contributed by atoms with van der Waals surface area (Å²) in [5.41, 5.74) is 7.15. The quantitative estimate of drug-likeness (QED) is 0.0733. The summed E-state index contributed by atoms with van der Waals surface area (Å²) in [6, 6.07) is 12.3. The normalized spacial score (nSPS) is 15.4. The molecule has 3 aromatic heterocycles. The average molecular weight is 876 g/mol. The van der Waals surface area contributed by atoms with Crippen molar-refractivity contribution in [3.8, 4) is 0 Å². The van der Waals surface area contributed by atoms with Crippen LogP contribution in [0.2, 0.25) is 5.02 Å². The number of imidazole rings is 1. The van der Waals surface area contributed by atoms with Crippen molar-refractivity contribution in [2.24, 2.45) is 14.1 Å². The van der Waals surface area contributed by atoms with Gasteiger partial charge in [0.15, 0.2) is 22.7 Å². The number of amides is 2. The molecule has 8 N–H and O–H groups in total. The van der Waals surface area contributed by atoms with Crippen LogP contribution in [0.15, 0.2) is 69.2 Å². The molecule has 0 spiro atoms. The van der Waals surface area contributed by atoms with Crippen LogP contribution in [-0.2, 0) is 35.0 Å². The molecule has 1 fully saturated rings. The van der Waals surface area contributed by atoms with Crippen molar-refractivity contribution in [1.82, 2.24) is 38.9 Å². The Morgan fingerprint density at radius 1 is 1.00 bits per heavy atom. The zero-order chi connectivity index (χ0) is 44.7. The zero-order valence-electron chi connectivity index (χ0n) is 33.8. The van der Waals surface area contributed by atoms with E-state index in [2.05, 4.69) is 46.8 Å². The molecule has 0 radical (unpaired) electrons. The molecule has 5 heterocycles. The SMILES string of the molecule is Cn1c(=O)c2c(ncn2CCN2CCN(c3ccccc3Cl)CC2)n(C)c1=O.Nc1nc2c(c(=O)[nH]1)N(C=O)C(CNc1ccc(C(=O)NC(CCC(=O)O)C(=O)O)cc1)CN2. The molecule has 2 aliphatic heterocycles. The summed E-state index contributed by atoms with van der Waals surface area (Å²) < 4.78 is 4.38. The van der Waals surface area contributed by atoms with Crippen LogP contribution >= 0.6 is 11.6 Å². The first kappa shape index (κ1) is 44.4. The summed E-state index contributed by atoms with van der Waals surface area (Å²) in [7, 11) is 3.13. The van der Waals surface area contributed by atoms with Crippen LogP contribution in [0.4, 0.5) is 28.8 Å². The lowest BCUT2D eigenvalue weighted by Crippen LogP contribution is -2.50. The number of nitrogens with zero attached hydrogens (tertiary/aromatic N) is 8. The Hall–Kier alpha value is -7.20. The molecule has 62 heavy (non-hydrogen) atoms. The minimum Gasteiger partial charge on any atom is -0.481 e. The number of nitrogens with one attached hydrogen (secondary N) is 4. The number of para-hydroxylation sites is 1. The minimum absolute atomic E-state index is 0.0603. The number of carbonyl (C=O) groups excluding carboxylic acids is 2. The summed E-state index contributed by atoms with van der Waals surface area (Å²) in [5, 5.41) is 27.0. The maximum atomic E-state index is 12.5. The Morgan fingerprint density at radius 3 is 2.37 bits per heavy atom. The van der Waals surface area contributed by atoms with E-state index < -0.39 is 41.9 Å². The lowest BCUT2D eigenvalue weighted by Gasteiger charge is -2.36. The van der Waals surface area contributed by atoms with Gasteiger partial charge in [0.25, 0.3) is 17.0 Å². The molecule has 2 atom stereocenters. The molecule has 2 unspecified atom stereocenters. The molecule has 2 amide bonds. The number of nitrogen functional groups attached to an aromatic ring is 1. The van der Waals surface area contributed by atoms with Gasteiger partial charge in [-0.3, -0.25) is 43.0 Å². The number of carboxylic acids is 2. The number of anilines is 5. The van der Waals surface area contributed by atoms with E-state index in [0.29, 0.717) is 36.4 Å². The van der Waals surface area contributed by atoms with Gasteiger partial charge < -0.3 is 46.3 Å². The van der Waals surface area contributed by atoms with E-state index in [9.17, 15) is 38.7 Å². The predicted molar refractivity (Wildman–Crippen MR) is 231 cm³/mol. The van der Waals surface area contributed by atoms with E-state index in [1.54, 1.807) is 25.5 Å².